The molecule has 284 valence electrons. The monoisotopic (exact) mass is 765 g/mol. The van der Waals surface area contributed by atoms with Crippen LogP contribution in [0.4, 0.5) is 0 Å². The van der Waals surface area contributed by atoms with Crippen molar-refractivity contribution in [2.75, 3.05) is 0 Å². The SMILES string of the molecule is C[C@@H]1C=C(c2c3ccccc3c(-c3ccc(-n4c5c(c6cc(-c7ccc8ccccc8c7)ccc64)CC(c4ccc6ccccc6c4)C=C5)cc3)c3ccccc23)C=CC1. The highest BCUT2D eigenvalue weighted by molar-refractivity contribution is 6.19. The van der Waals surface area contributed by atoms with Crippen LogP contribution in [0.15, 0.2) is 200 Å². The van der Waals surface area contributed by atoms with E-state index in [4.69, 9.17) is 0 Å². The molecule has 1 heterocycles. The Kier molecular flexibility index (Phi) is 8.10. The minimum absolute atomic E-state index is 0.292. The lowest BCUT2D eigenvalue weighted by atomic mass is 9.83. The van der Waals surface area contributed by atoms with Crippen molar-refractivity contribution in [3.05, 3.63) is 223 Å². The molecule has 1 heteroatoms. The molecule has 0 fully saturated rings. The van der Waals surface area contributed by atoms with Crippen LogP contribution in [0, 0.1) is 5.92 Å². The van der Waals surface area contributed by atoms with Gasteiger partial charge in [-0.1, -0.05) is 177 Å². The summed E-state index contributed by atoms with van der Waals surface area (Å²) in [5.41, 5.74) is 14.1. The van der Waals surface area contributed by atoms with Crippen LogP contribution >= 0.6 is 0 Å². The average molecular weight is 766 g/mol. The van der Waals surface area contributed by atoms with Crippen LogP contribution in [0.1, 0.15) is 41.6 Å². The summed E-state index contributed by atoms with van der Waals surface area (Å²) in [6.45, 7) is 2.32. The van der Waals surface area contributed by atoms with E-state index in [0.717, 1.165) is 12.8 Å². The van der Waals surface area contributed by atoms with Crippen molar-refractivity contribution >= 4 is 65.6 Å². The fourth-order valence-electron chi connectivity index (χ4n) is 10.3. The van der Waals surface area contributed by atoms with E-state index in [2.05, 4.69) is 218 Å². The van der Waals surface area contributed by atoms with Crippen LogP contribution in [-0.2, 0) is 6.42 Å². The molecule has 9 aromatic carbocycles. The Labute approximate surface area is 350 Å². The second-order valence-corrected chi connectivity index (χ2v) is 16.9. The molecule has 0 saturated carbocycles. The maximum absolute atomic E-state index is 2.49. The smallest absolute Gasteiger partial charge is 0.0538 e. The summed E-state index contributed by atoms with van der Waals surface area (Å²) in [6.07, 6.45) is 14.0. The fraction of sp³-hybridized carbons (Fsp3) is 0.0847. The Bertz CT molecular complexity index is 3390. The van der Waals surface area contributed by atoms with Gasteiger partial charge < -0.3 is 4.57 Å². The first-order chi connectivity index (χ1) is 29.6. The quantitative estimate of drug-likeness (QED) is 0.154. The van der Waals surface area contributed by atoms with Crippen LogP contribution in [0.3, 0.4) is 0 Å². The van der Waals surface area contributed by atoms with Crippen molar-refractivity contribution < 1.29 is 0 Å². The Balaban J connectivity index is 1.01. The number of nitrogens with zero attached hydrogens (tertiary/aromatic N) is 1. The van der Waals surface area contributed by atoms with Crippen molar-refractivity contribution in [1.82, 2.24) is 4.57 Å². The van der Waals surface area contributed by atoms with Gasteiger partial charge in [0.2, 0.25) is 0 Å². The van der Waals surface area contributed by atoms with Gasteiger partial charge in [0.1, 0.15) is 0 Å². The number of allylic oxidation sites excluding steroid dienone is 5. The molecule has 60 heavy (non-hydrogen) atoms. The number of benzene rings is 9. The van der Waals surface area contributed by atoms with Crippen LogP contribution in [0.5, 0.6) is 0 Å². The van der Waals surface area contributed by atoms with Gasteiger partial charge in [0, 0.05) is 22.7 Å². The lowest BCUT2D eigenvalue weighted by molar-refractivity contribution is 0.740. The zero-order valence-electron chi connectivity index (χ0n) is 33.6. The minimum Gasteiger partial charge on any atom is -0.310 e. The topological polar surface area (TPSA) is 4.93 Å². The molecule has 0 bridgehead atoms. The molecule has 0 N–H and O–H groups in total. The van der Waals surface area contributed by atoms with E-state index in [9.17, 15) is 0 Å². The highest BCUT2D eigenvalue weighted by Gasteiger charge is 2.25. The van der Waals surface area contributed by atoms with Gasteiger partial charge in [-0.3, -0.25) is 0 Å². The second kappa shape index (κ2) is 14.0. The third-order valence-corrected chi connectivity index (χ3v) is 13.2. The maximum atomic E-state index is 2.49. The summed E-state index contributed by atoms with van der Waals surface area (Å²) in [6, 6.07) is 65.6. The molecule has 12 rings (SSSR count). The van der Waals surface area contributed by atoms with E-state index in [1.807, 2.05) is 0 Å². The first-order valence-corrected chi connectivity index (χ1v) is 21.4. The molecule has 0 spiro atoms. The van der Waals surface area contributed by atoms with Crippen LogP contribution in [0.25, 0.3) is 93.6 Å². The van der Waals surface area contributed by atoms with Crippen molar-refractivity contribution in [3.63, 3.8) is 0 Å². The molecule has 0 amide bonds. The molecule has 2 aliphatic carbocycles. The molecule has 1 unspecified atom stereocenters. The Morgan fingerprint density at radius 1 is 0.483 bits per heavy atom. The summed E-state index contributed by atoms with van der Waals surface area (Å²) in [5, 5.41) is 11.6. The summed E-state index contributed by atoms with van der Waals surface area (Å²) in [4.78, 5) is 0. The van der Waals surface area contributed by atoms with Crippen molar-refractivity contribution in [3.8, 4) is 27.9 Å². The normalized spacial score (nSPS) is 16.2. The van der Waals surface area contributed by atoms with Crippen LogP contribution < -0.4 is 0 Å². The zero-order chi connectivity index (χ0) is 39.7. The summed E-state index contributed by atoms with van der Waals surface area (Å²) in [7, 11) is 0. The van der Waals surface area contributed by atoms with Gasteiger partial charge >= 0.3 is 0 Å². The molecule has 2 aliphatic rings. The van der Waals surface area contributed by atoms with Gasteiger partial charge in [-0.05, 0) is 143 Å². The number of hydrogen-bond acceptors (Lipinski definition) is 0. The zero-order valence-corrected chi connectivity index (χ0v) is 33.6. The molecular weight excluding hydrogens is 723 g/mol. The van der Waals surface area contributed by atoms with Gasteiger partial charge in [-0.25, -0.2) is 0 Å². The second-order valence-electron chi connectivity index (χ2n) is 16.9. The highest BCUT2D eigenvalue weighted by atomic mass is 15.0. The van der Waals surface area contributed by atoms with Crippen LogP contribution in [0.2, 0.25) is 0 Å². The maximum Gasteiger partial charge on any atom is 0.0538 e. The largest absolute Gasteiger partial charge is 0.310 e. The van der Waals surface area contributed by atoms with E-state index >= 15 is 0 Å². The first-order valence-electron chi connectivity index (χ1n) is 21.4. The summed E-state index contributed by atoms with van der Waals surface area (Å²) in [5.74, 6) is 0.815. The highest BCUT2D eigenvalue weighted by Crippen LogP contribution is 2.45. The number of hydrogen-bond donors (Lipinski definition) is 0. The molecule has 1 aromatic heterocycles. The Hall–Kier alpha value is -7.22. The fourth-order valence-corrected chi connectivity index (χ4v) is 10.3. The van der Waals surface area contributed by atoms with E-state index in [0.29, 0.717) is 11.8 Å². The van der Waals surface area contributed by atoms with Gasteiger partial charge in [-0.15, -0.1) is 0 Å². The predicted molar refractivity (Wildman–Crippen MR) is 257 cm³/mol. The number of rotatable bonds is 5. The van der Waals surface area contributed by atoms with Gasteiger partial charge in [-0.2, -0.15) is 0 Å². The summed E-state index contributed by atoms with van der Waals surface area (Å²) < 4.78 is 2.49. The van der Waals surface area contributed by atoms with Gasteiger partial charge in [0.25, 0.3) is 0 Å². The first kappa shape index (κ1) is 34.8. The molecule has 0 saturated heterocycles. The van der Waals surface area contributed by atoms with Crippen LogP contribution in [-0.4, -0.2) is 4.57 Å². The van der Waals surface area contributed by atoms with Crippen molar-refractivity contribution in [1.29, 1.82) is 0 Å². The molecule has 2 atom stereocenters. The number of fused-ring (bicyclic) bond motifs is 7. The van der Waals surface area contributed by atoms with Gasteiger partial charge in [0.15, 0.2) is 0 Å². The molecule has 1 nitrogen and oxygen atoms in total. The van der Waals surface area contributed by atoms with E-state index in [-0.39, 0.29) is 0 Å². The van der Waals surface area contributed by atoms with Crippen molar-refractivity contribution in [2.45, 2.75) is 25.7 Å². The molecule has 0 aliphatic heterocycles. The van der Waals surface area contributed by atoms with E-state index < -0.39 is 0 Å². The third kappa shape index (κ3) is 5.68. The lowest BCUT2D eigenvalue weighted by Gasteiger charge is -2.21. The lowest BCUT2D eigenvalue weighted by Crippen LogP contribution is -2.07. The van der Waals surface area contributed by atoms with E-state index in [1.54, 1.807) is 0 Å². The summed E-state index contributed by atoms with van der Waals surface area (Å²) >= 11 is 0. The van der Waals surface area contributed by atoms with E-state index in [1.165, 1.54) is 110 Å². The Morgan fingerprint density at radius 3 is 1.77 bits per heavy atom. The molecular formula is C59H43N. The number of aromatic nitrogens is 1. The predicted octanol–water partition coefficient (Wildman–Crippen LogP) is 15.9. The van der Waals surface area contributed by atoms with Gasteiger partial charge in [0.05, 0.1) is 5.52 Å². The average Bonchev–Trinajstić information content (AvgIpc) is 3.63. The molecule has 0 radical (unpaired) electrons. The van der Waals surface area contributed by atoms with Crippen molar-refractivity contribution in [2.24, 2.45) is 5.92 Å². The third-order valence-electron chi connectivity index (χ3n) is 13.2. The minimum atomic E-state index is 0.292. The molecule has 10 aromatic rings. The Morgan fingerprint density at radius 2 is 1.07 bits per heavy atom. The standard InChI is InChI=1S/C59H43N/c1-38-11-10-16-48(33-38)59-52-19-8-6-17-50(52)58(51-18-7-9-20-53(51)59)41-25-29-49(30-26-41)60-56-31-27-46(44-23-21-39-12-2-4-14-42(39)34-44)36-54(56)55-37-47(28-32-57(55)60)45-24-22-40-13-3-5-15-43(40)35-45/h2-10,12-36,38,47H,11,37H2,1H3/t38-,47?/m0/s1.